The lowest BCUT2D eigenvalue weighted by Gasteiger charge is -2.37. The Morgan fingerprint density at radius 1 is 1.03 bits per heavy atom. The Balaban J connectivity index is 1.05. The average Bonchev–Trinajstić information content (AvgIpc) is 4.17. The first-order valence-corrected chi connectivity index (χ1v) is 26.1. The third-order valence-corrected chi connectivity index (χ3v) is 15.9. The number of benzene rings is 1. The number of amides is 3. The number of nitrogens with one attached hydrogen (secondary N) is 2. The predicted octanol–water partition coefficient (Wildman–Crippen LogP) is 8.51. The Morgan fingerprint density at radius 3 is 2.56 bits per heavy atom. The Labute approximate surface area is 405 Å². The monoisotopic (exact) mass is 949 g/mol. The maximum Gasteiger partial charge on any atom is 0.410 e. The summed E-state index contributed by atoms with van der Waals surface area (Å²) in [6, 6.07) is 8.70. The average molecular weight is 949 g/mol. The second kappa shape index (κ2) is 19.1. The quantitative estimate of drug-likeness (QED) is 0.173. The lowest BCUT2D eigenvalue weighted by molar-refractivity contribution is -0.155. The first-order chi connectivity index (χ1) is 32.4. The number of thiazole rings is 1. The number of hydrogen-bond acceptors (Lipinski definition) is 11. The summed E-state index contributed by atoms with van der Waals surface area (Å²) in [6.45, 7) is 20.5. The van der Waals surface area contributed by atoms with Crippen molar-refractivity contribution in [3.63, 3.8) is 0 Å². The molecule has 4 atom stereocenters. The van der Waals surface area contributed by atoms with E-state index in [0.717, 1.165) is 95.7 Å². The molecule has 0 radical (unpaired) electrons. The molecule has 1 saturated carbocycles. The highest BCUT2D eigenvalue weighted by Crippen LogP contribution is 2.44. The van der Waals surface area contributed by atoms with Gasteiger partial charge in [0.1, 0.15) is 17.7 Å². The predicted molar refractivity (Wildman–Crippen MR) is 265 cm³/mol. The van der Waals surface area contributed by atoms with Gasteiger partial charge in [-0.1, -0.05) is 46.6 Å². The zero-order valence-corrected chi connectivity index (χ0v) is 42.3. The van der Waals surface area contributed by atoms with E-state index in [2.05, 4.69) is 84.5 Å². The molecule has 4 aliphatic heterocycles. The van der Waals surface area contributed by atoms with Gasteiger partial charge in [0.05, 0.1) is 34.7 Å². The summed E-state index contributed by atoms with van der Waals surface area (Å²) in [5.41, 5.74) is 9.47. The number of hydrazine groups is 1. The zero-order chi connectivity index (χ0) is 48.1. The van der Waals surface area contributed by atoms with Gasteiger partial charge in [0.2, 0.25) is 5.91 Å². The van der Waals surface area contributed by atoms with Crippen molar-refractivity contribution in [1.82, 2.24) is 40.1 Å². The van der Waals surface area contributed by atoms with Crippen LogP contribution in [-0.4, -0.2) is 116 Å². The molecule has 2 N–H and O–H groups in total. The van der Waals surface area contributed by atoms with Gasteiger partial charge in [0, 0.05) is 83.6 Å². The molecule has 1 spiro atoms. The SMILES string of the molecule is CCn1c(-c2cccnc2C(C)C)c2c3cc(ccc31)-c1csc(n1)C[C@H](NC(=O)[C@H](C1CCCC1)N1CC[C@]3(CCN(C(=O)OC(C)(C)C)C3)C1)C(=O)N1CCC[C@H](N1)C(=O)OCC(C)(C)C2. The summed E-state index contributed by atoms with van der Waals surface area (Å²) in [5.74, 6) is -0.470. The van der Waals surface area contributed by atoms with Gasteiger partial charge in [-0.3, -0.25) is 29.3 Å². The molecule has 4 aromatic rings. The van der Waals surface area contributed by atoms with E-state index in [4.69, 9.17) is 19.4 Å². The number of aryl methyl sites for hydroxylation is 1. The third kappa shape index (κ3) is 9.94. The lowest BCUT2D eigenvalue weighted by atomic mass is 9.84. The summed E-state index contributed by atoms with van der Waals surface area (Å²) >= 11 is 1.50. The van der Waals surface area contributed by atoms with Gasteiger partial charge in [-0.15, -0.1) is 11.3 Å². The standard InChI is InChI=1S/C53H72N8O6S/c1-9-60-42-19-18-35-26-37(42)38(46(60)36-16-12-22-54-44(36)33(2)3)28-52(7,8)32-66-49(64)39-17-13-23-61(57-39)48(63)40(27-43-55-41(35)29-68-43)56-47(62)45(34-14-10-11-15-34)58-24-20-53(30-58)21-25-59(31-53)50(65)67-51(4,5)6/h12,16,18-19,22,26,29,33-34,39-40,45,57H,9-11,13-15,17,20-21,23-25,27-28,30-32H2,1-8H3,(H,56,62)/t39-,40-,45-,53-/m0/s1. The molecule has 4 fully saturated rings. The molecular formula is C53H72N8O6S. The van der Waals surface area contributed by atoms with Crippen molar-refractivity contribution < 1.29 is 28.7 Å². The van der Waals surface area contributed by atoms with Crippen molar-refractivity contribution in [2.24, 2.45) is 16.7 Å². The minimum atomic E-state index is -0.930. The van der Waals surface area contributed by atoms with Gasteiger partial charge >= 0.3 is 12.1 Å². The van der Waals surface area contributed by atoms with E-state index in [9.17, 15) is 14.4 Å². The molecule has 9 rings (SSSR count). The highest BCUT2D eigenvalue weighted by atomic mass is 32.1. The number of fused-ring (bicyclic) bond motifs is 6. The van der Waals surface area contributed by atoms with Gasteiger partial charge in [-0.05, 0) is 121 Å². The molecule has 1 aliphatic carbocycles. The Hall–Kier alpha value is -4.86. The number of cyclic esters (lactones) is 1. The van der Waals surface area contributed by atoms with Crippen molar-refractivity contribution in [1.29, 1.82) is 0 Å². The van der Waals surface area contributed by atoms with Gasteiger partial charge < -0.3 is 24.3 Å². The van der Waals surface area contributed by atoms with E-state index in [1.54, 1.807) is 0 Å². The number of aromatic nitrogens is 3. The van der Waals surface area contributed by atoms with Crippen LogP contribution in [0.3, 0.4) is 0 Å². The Bertz CT molecular complexity index is 2540. The zero-order valence-electron chi connectivity index (χ0n) is 41.5. The fraction of sp³-hybridized carbons (Fsp3) is 0.623. The third-order valence-electron chi connectivity index (χ3n) is 15.0. The van der Waals surface area contributed by atoms with Crippen LogP contribution >= 0.6 is 11.3 Å². The van der Waals surface area contributed by atoms with Gasteiger partial charge in [0.25, 0.3) is 5.91 Å². The van der Waals surface area contributed by atoms with Crippen LogP contribution in [0.15, 0.2) is 41.9 Å². The molecule has 3 amide bonds. The maximum atomic E-state index is 15.0. The van der Waals surface area contributed by atoms with E-state index >= 15 is 4.79 Å². The minimum Gasteiger partial charge on any atom is -0.464 e. The summed E-state index contributed by atoms with van der Waals surface area (Å²) in [4.78, 5) is 71.3. The van der Waals surface area contributed by atoms with Crippen LogP contribution in [0.4, 0.5) is 4.79 Å². The number of pyridine rings is 1. The van der Waals surface area contributed by atoms with Crippen molar-refractivity contribution >= 4 is 46.1 Å². The molecule has 68 heavy (non-hydrogen) atoms. The van der Waals surface area contributed by atoms with Crippen molar-refractivity contribution in [2.75, 3.05) is 39.3 Å². The van der Waals surface area contributed by atoms with Crippen molar-refractivity contribution in [3.8, 4) is 22.5 Å². The first-order valence-electron chi connectivity index (χ1n) is 25.2. The molecule has 6 bridgehead atoms. The molecule has 1 aromatic carbocycles. The van der Waals surface area contributed by atoms with Crippen LogP contribution < -0.4 is 10.7 Å². The highest BCUT2D eigenvalue weighted by Gasteiger charge is 2.50. The topological polar surface area (TPSA) is 151 Å². The summed E-state index contributed by atoms with van der Waals surface area (Å²) < 4.78 is 14.3. The number of hydrogen-bond donors (Lipinski definition) is 2. The molecule has 14 nitrogen and oxygen atoms in total. The van der Waals surface area contributed by atoms with E-state index in [0.29, 0.717) is 45.4 Å². The second-order valence-corrected chi connectivity index (χ2v) is 23.4. The Morgan fingerprint density at radius 2 is 1.81 bits per heavy atom. The molecular weight excluding hydrogens is 877 g/mol. The smallest absolute Gasteiger partial charge is 0.410 e. The van der Waals surface area contributed by atoms with Gasteiger partial charge in [-0.25, -0.2) is 15.2 Å². The Kier molecular flexibility index (Phi) is 13.6. The fourth-order valence-corrected chi connectivity index (χ4v) is 12.6. The number of rotatable bonds is 7. The van der Waals surface area contributed by atoms with Crippen molar-refractivity contribution in [3.05, 3.63) is 58.2 Å². The van der Waals surface area contributed by atoms with E-state index in [1.807, 2.05) is 37.9 Å². The first kappa shape index (κ1) is 48.2. The van der Waals surface area contributed by atoms with Crippen LogP contribution in [0.1, 0.15) is 129 Å². The van der Waals surface area contributed by atoms with Crippen molar-refractivity contribution in [2.45, 2.75) is 156 Å². The molecule has 5 aliphatic rings. The van der Waals surface area contributed by atoms with Gasteiger partial charge in [-0.2, -0.15) is 0 Å². The lowest BCUT2D eigenvalue weighted by Crippen LogP contribution is -2.62. The normalized spacial score (nSPS) is 24.5. The van der Waals surface area contributed by atoms with E-state index in [-0.39, 0.29) is 48.2 Å². The number of esters is 1. The number of nitrogens with zero attached hydrogens (tertiary/aromatic N) is 6. The van der Waals surface area contributed by atoms with Crippen LogP contribution in [0.5, 0.6) is 0 Å². The molecule has 7 heterocycles. The van der Waals surface area contributed by atoms with Crippen LogP contribution in [0, 0.1) is 16.7 Å². The molecule has 3 aromatic heterocycles. The van der Waals surface area contributed by atoms with E-state index < -0.39 is 35.1 Å². The van der Waals surface area contributed by atoms with Crippen LogP contribution in [-0.2, 0) is 43.2 Å². The number of likely N-dealkylation sites (tertiary alicyclic amines) is 2. The fourth-order valence-electron chi connectivity index (χ4n) is 11.8. The molecule has 366 valence electrons. The second-order valence-electron chi connectivity index (χ2n) is 22.4. The maximum absolute atomic E-state index is 15.0. The minimum absolute atomic E-state index is 0.113. The highest BCUT2D eigenvalue weighted by molar-refractivity contribution is 7.10. The van der Waals surface area contributed by atoms with E-state index in [1.165, 1.54) is 21.9 Å². The largest absolute Gasteiger partial charge is 0.464 e. The number of ether oxygens (including phenoxy) is 2. The molecule has 3 saturated heterocycles. The molecule has 15 heteroatoms. The summed E-state index contributed by atoms with van der Waals surface area (Å²) in [5, 5.41) is 8.76. The summed E-state index contributed by atoms with van der Waals surface area (Å²) in [7, 11) is 0. The number of carbonyl (C=O) groups excluding carboxylic acids is 4. The molecule has 0 unspecified atom stereocenters. The summed E-state index contributed by atoms with van der Waals surface area (Å²) in [6.07, 6.45) is 9.34. The van der Waals surface area contributed by atoms with Gasteiger partial charge in [0.15, 0.2) is 0 Å². The van der Waals surface area contributed by atoms with Crippen LogP contribution in [0.2, 0.25) is 0 Å². The van der Waals surface area contributed by atoms with Crippen LogP contribution in [0.25, 0.3) is 33.4 Å². The number of carbonyl (C=O) groups is 4.